The van der Waals surface area contributed by atoms with Gasteiger partial charge < -0.3 is 9.64 Å². The largest absolute Gasteiger partial charge is 0.462 e. The Balaban J connectivity index is 2.15. The van der Waals surface area contributed by atoms with Crippen LogP contribution in [0.5, 0.6) is 0 Å². The maximum Gasteiger partial charge on any atom is 0.339 e. The van der Waals surface area contributed by atoms with E-state index in [4.69, 9.17) is 16.3 Å². The van der Waals surface area contributed by atoms with E-state index in [1.807, 2.05) is 0 Å². The molecule has 5 nitrogen and oxygen atoms in total. The fourth-order valence-electron chi connectivity index (χ4n) is 2.42. The summed E-state index contributed by atoms with van der Waals surface area (Å²) in [6.45, 7) is 4.01. The number of nitrogens with zero attached hydrogens (tertiary/aromatic N) is 3. The van der Waals surface area contributed by atoms with E-state index in [-0.39, 0.29) is 11.3 Å². The lowest BCUT2D eigenvalue weighted by Gasteiger charge is -2.17. The predicted molar refractivity (Wildman–Crippen MR) is 79.8 cm³/mol. The molecule has 0 unspecified atom stereocenters. The zero-order valence-corrected chi connectivity index (χ0v) is 12.6. The van der Waals surface area contributed by atoms with Crippen LogP contribution in [-0.4, -0.2) is 35.6 Å². The normalized spacial score (nSPS) is 15.0. The molecule has 0 saturated carbocycles. The number of thiophene rings is 1. The average Bonchev–Trinajstić information content (AvgIpc) is 3.07. The van der Waals surface area contributed by atoms with E-state index in [0.717, 1.165) is 42.0 Å². The van der Waals surface area contributed by atoms with Gasteiger partial charge >= 0.3 is 5.97 Å². The molecule has 0 atom stereocenters. The molecule has 0 aromatic carbocycles. The molecule has 1 aliphatic rings. The quantitative estimate of drug-likeness (QED) is 0.644. The SMILES string of the molecule is CCOC(=O)c1csc2nc(Cl)nc(N3CCCC3)c12. The molecule has 1 saturated heterocycles. The van der Waals surface area contributed by atoms with Crippen molar-refractivity contribution in [3.8, 4) is 0 Å². The van der Waals surface area contributed by atoms with Crippen molar-refractivity contribution in [1.82, 2.24) is 9.97 Å². The molecule has 2 aromatic heterocycles. The van der Waals surface area contributed by atoms with Crippen LogP contribution in [0, 0.1) is 0 Å². The van der Waals surface area contributed by atoms with E-state index in [0.29, 0.717) is 12.2 Å². The Morgan fingerprint density at radius 3 is 2.90 bits per heavy atom. The van der Waals surface area contributed by atoms with Crippen molar-refractivity contribution < 1.29 is 9.53 Å². The summed E-state index contributed by atoms with van der Waals surface area (Å²) in [7, 11) is 0. The molecule has 3 rings (SSSR count). The summed E-state index contributed by atoms with van der Waals surface area (Å²) < 4.78 is 5.10. The summed E-state index contributed by atoms with van der Waals surface area (Å²) >= 11 is 7.39. The molecule has 1 aliphatic heterocycles. The highest BCUT2D eigenvalue weighted by Crippen LogP contribution is 2.34. The van der Waals surface area contributed by atoms with Crippen LogP contribution in [0.15, 0.2) is 5.38 Å². The molecule has 7 heteroatoms. The minimum absolute atomic E-state index is 0.219. The molecule has 0 amide bonds. The first kappa shape index (κ1) is 13.6. The van der Waals surface area contributed by atoms with E-state index in [1.54, 1.807) is 12.3 Å². The molecule has 20 heavy (non-hydrogen) atoms. The highest BCUT2D eigenvalue weighted by atomic mass is 35.5. The van der Waals surface area contributed by atoms with Gasteiger partial charge in [-0.25, -0.2) is 9.78 Å². The Hall–Kier alpha value is -1.40. The average molecular weight is 312 g/mol. The summed E-state index contributed by atoms with van der Waals surface area (Å²) in [5, 5.41) is 2.75. The van der Waals surface area contributed by atoms with Gasteiger partial charge in [0, 0.05) is 18.5 Å². The molecule has 0 spiro atoms. The van der Waals surface area contributed by atoms with Gasteiger partial charge in [-0.05, 0) is 31.4 Å². The van der Waals surface area contributed by atoms with Gasteiger partial charge in [-0.15, -0.1) is 11.3 Å². The van der Waals surface area contributed by atoms with Crippen molar-refractivity contribution in [2.45, 2.75) is 19.8 Å². The zero-order valence-electron chi connectivity index (χ0n) is 11.1. The number of fused-ring (bicyclic) bond motifs is 1. The van der Waals surface area contributed by atoms with Crippen LogP contribution in [0.1, 0.15) is 30.1 Å². The van der Waals surface area contributed by atoms with Crippen molar-refractivity contribution in [2.75, 3.05) is 24.6 Å². The topological polar surface area (TPSA) is 55.3 Å². The van der Waals surface area contributed by atoms with Crippen molar-refractivity contribution in [2.24, 2.45) is 0 Å². The number of carbonyl (C=O) groups excluding carboxylic acids is 1. The smallest absolute Gasteiger partial charge is 0.339 e. The summed E-state index contributed by atoms with van der Waals surface area (Å²) in [5.74, 6) is 0.423. The Bertz CT molecular complexity index is 652. The van der Waals surface area contributed by atoms with Crippen LogP contribution in [0.4, 0.5) is 5.82 Å². The van der Waals surface area contributed by atoms with Gasteiger partial charge in [0.25, 0.3) is 0 Å². The number of rotatable bonds is 3. The molecule has 2 aromatic rings. The number of esters is 1. The fourth-order valence-corrected chi connectivity index (χ4v) is 3.53. The van der Waals surface area contributed by atoms with Crippen molar-refractivity contribution in [3.63, 3.8) is 0 Å². The number of carbonyl (C=O) groups is 1. The third kappa shape index (κ3) is 2.33. The predicted octanol–water partition coefficient (Wildman–Crippen LogP) is 3.12. The van der Waals surface area contributed by atoms with Crippen LogP contribution in [0.3, 0.4) is 0 Å². The monoisotopic (exact) mass is 311 g/mol. The molecule has 0 bridgehead atoms. The Morgan fingerprint density at radius 2 is 2.20 bits per heavy atom. The summed E-state index contributed by atoms with van der Waals surface area (Å²) in [6, 6.07) is 0. The van der Waals surface area contributed by atoms with E-state index in [9.17, 15) is 4.79 Å². The summed E-state index contributed by atoms with van der Waals surface area (Å²) in [6.07, 6.45) is 2.25. The summed E-state index contributed by atoms with van der Waals surface area (Å²) in [5.41, 5.74) is 0.533. The molecule has 0 aliphatic carbocycles. The number of anilines is 1. The number of hydrogen-bond donors (Lipinski definition) is 0. The van der Waals surface area contributed by atoms with Gasteiger partial charge in [-0.2, -0.15) is 4.98 Å². The fraction of sp³-hybridized carbons (Fsp3) is 0.462. The Morgan fingerprint density at radius 1 is 1.45 bits per heavy atom. The van der Waals surface area contributed by atoms with Gasteiger partial charge in [0.2, 0.25) is 5.28 Å². The molecular weight excluding hydrogens is 298 g/mol. The second-order valence-electron chi connectivity index (χ2n) is 4.56. The first-order valence-corrected chi connectivity index (χ1v) is 7.83. The maximum atomic E-state index is 12.0. The van der Waals surface area contributed by atoms with Gasteiger partial charge in [0.1, 0.15) is 10.6 Å². The molecule has 0 N–H and O–H groups in total. The molecule has 106 valence electrons. The first-order chi connectivity index (χ1) is 9.70. The van der Waals surface area contributed by atoms with Gasteiger partial charge in [-0.3, -0.25) is 0 Å². The number of halogens is 1. The minimum Gasteiger partial charge on any atom is -0.462 e. The van der Waals surface area contributed by atoms with Crippen LogP contribution in [0.2, 0.25) is 5.28 Å². The first-order valence-electron chi connectivity index (χ1n) is 6.57. The number of aromatic nitrogens is 2. The summed E-state index contributed by atoms with van der Waals surface area (Å²) in [4.78, 5) is 23.5. The molecule has 3 heterocycles. The Labute approximate surface area is 125 Å². The standard InChI is InChI=1S/C13H14ClN3O2S/c1-2-19-12(18)8-7-20-11-9(8)10(15-13(14)16-11)17-5-3-4-6-17/h7H,2-6H2,1H3. The van der Waals surface area contributed by atoms with Gasteiger partial charge in [0.15, 0.2) is 0 Å². The van der Waals surface area contributed by atoms with Crippen LogP contribution in [0.25, 0.3) is 10.2 Å². The van der Waals surface area contributed by atoms with Crippen LogP contribution >= 0.6 is 22.9 Å². The highest BCUT2D eigenvalue weighted by molar-refractivity contribution is 7.17. The molecular formula is C13H14ClN3O2S. The van der Waals surface area contributed by atoms with Crippen molar-refractivity contribution in [1.29, 1.82) is 0 Å². The lowest BCUT2D eigenvalue weighted by atomic mass is 10.2. The minimum atomic E-state index is -0.329. The number of ether oxygens (including phenoxy) is 1. The van der Waals surface area contributed by atoms with E-state index >= 15 is 0 Å². The second-order valence-corrected chi connectivity index (χ2v) is 5.76. The van der Waals surface area contributed by atoms with Crippen molar-refractivity contribution in [3.05, 3.63) is 16.2 Å². The third-order valence-corrected chi connectivity index (χ3v) is 4.33. The van der Waals surface area contributed by atoms with Gasteiger partial charge in [-0.1, -0.05) is 0 Å². The second kappa shape index (κ2) is 5.54. The Kier molecular flexibility index (Phi) is 3.76. The van der Waals surface area contributed by atoms with Gasteiger partial charge in [0.05, 0.1) is 17.6 Å². The number of hydrogen-bond acceptors (Lipinski definition) is 6. The highest BCUT2D eigenvalue weighted by Gasteiger charge is 2.24. The lowest BCUT2D eigenvalue weighted by molar-refractivity contribution is 0.0529. The lowest BCUT2D eigenvalue weighted by Crippen LogP contribution is -2.20. The van der Waals surface area contributed by atoms with Crippen molar-refractivity contribution >= 4 is 44.9 Å². The zero-order chi connectivity index (χ0) is 14.1. The maximum absolute atomic E-state index is 12.0. The molecule has 0 radical (unpaired) electrons. The van der Waals surface area contributed by atoms with Crippen LogP contribution < -0.4 is 4.90 Å². The van der Waals surface area contributed by atoms with E-state index in [2.05, 4.69) is 14.9 Å². The van der Waals surface area contributed by atoms with E-state index in [1.165, 1.54) is 11.3 Å². The van der Waals surface area contributed by atoms with E-state index < -0.39 is 0 Å². The third-order valence-electron chi connectivity index (χ3n) is 3.29. The molecule has 1 fully saturated rings. The van der Waals surface area contributed by atoms with Crippen LogP contribution in [-0.2, 0) is 4.74 Å².